The van der Waals surface area contributed by atoms with Crippen LogP contribution in [0.4, 0.5) is 5.69 Å². The maximum absolute atomic E-state index is 9.81. The van der Waals surface area contributed by atoms with Crippen LogP contribution in [0.25, 0.3) is 0 Å². The number of benzene rings is 1. The Morgan fingerprint density at radius 2 is 2.00 bits per heavy atom. The third-order valence-corrected chi connectivity index (χ3v) is 1.10. The minimum Gasteiger partial charge on any atom is -0.297 e. The number of rotatable bonds is 3. The van der Waals surface area contributed by atoms with E-state index in [2.05, 4.69) is 10.5 Å². The van der Waals surface area contributed by atoms with Gasteiger partial charge in [0.25, 0.3) is 0 Å². The van der Waals surface area contributed by atoms with E-state index in [1.807, 2.05) is 30.3 Å². The van der Waals surface area contributed by atoms with Crippen molar-refractivity contribution in [2.45, 2.75) is 0 Å². The van der Waals surface area contributed by atoms with Gasteiger partial charge in [0.05, 0.1) is 11.9 Å². The highest BCUT2D eigenvalue weighted by Crippen LogP contribution is 2.03. The molecular weight excluding hydrogens is 140 g/mol. The largest absolute Gasteiger partial charge is 0.297 e. The molecule has 11 heavy (non-hydrogen) atoms. The molecule has 0 saturated heterocycles. The third-order valence-electron chi connectivity index (χ3n) is 1.10. The molecular formula is C8H8N2O. The van der Waals surface area contributed by atoms with Crippen LogP contribution in [0.1, 0.15) is 0 Å². The molecule has 0 aliphatic rings. The summed E-state index contributed by atoms with van der Waals surface area (Å²) in [7, 11) is 0. The van der Waals surface area contributed by atoms with E-state index in [9.17, 15) is 4.79 Å². The van der Waals surface area contributed by atoms with Crippen molar-refractivity contribution in [3.63, 3.8) is 0 Å². The van der Waals surface area contributed by atoms with Crippen LogP contribution in [0.15, 0.2) is 35.4 Å². The lowest BCUT2D eigenvalue weighted by Gasteiger charge is -1.95. The van der Waals surface area contributed by atoms with Crippen LogP contribution < -0.4 is 5.43 Å². The molecule has 0 fully saturated rings. The summed E-state index contributed by atoms with van der Waals surface area (Å²) in [5, 5.41) is 3.62. The Morgan fingerprint density at radius 1 is 1.27 bits per heavy atom. The fourth-order valence-electron chi connectivity index (χ4n) is 0.655. The van der Waals surface area contributed by atoms with Gasteiger partial charge < -0.3 is 0 Å². The minimum atomic E-state index is 0.621. The number of para-hydroxylation sites is 1. The summed E-state index contributed by atoms with van der Waals surface area (Å²) in [6, 6.07) is 9.41. The molecule has 0 aliphatic carbocycles. The molecule has 1 N–H and O–H groups in total. The highest BCUT2D eigenvalue weighted by molar-refractivity contribution is 6.13. The number of hydrogen-bond acceptors (Lipinski definition) is 3. The predicted molar refractivity (Wildman–Crippen MR) is 44.6 cm³/mol. The van der Waals surface area contributed by atoms with E-state index in [0.29, 0.717) is 6.29 Å². The molecule has 0 amide bonds. The Hall–Kier alpha value is -1.64. The van der Waals surface area contributed by atoms with Gasteiger partial charge in [-0.2, -0.15) is 5.10 Å². The Kier molecular flexibility index (Phi) is 2.86. The molecule has 0 saturated carbocycles. The van der Waals surface area contributed by atoms with Gasteiger partial charge in [0.1, 0.15) is 0 Å². The van der Waals surface area contributed by atoms with Crippen LogP contribution in [0.3, 0.4) is 0 Å². The first-order chi connectivity index (χ1) is 5.43. The van der Waals surface area contributed by atoms with Gasteiger partial charge in [0.15, 0.2) is 6.29 Å². The van der Waals surface area contributed by atoms with Crippen molar-refractivity contribution in [2.75, 3.05) is 5.43 Å². The van der Waals surface area contributed by atoms with Gasteiger partial charge in [-0.15, -0.1) is 0 Å². The molecule has 3 nitrogen and oxygen atoms in total. The zero-order chi connectivity index (χ0) is 7.94. The Bertz CT molecular complexity index is 244. The molecule has 0 radical (unpaired) electrons. The molecule has 0 atom stereocenters. The maximum Gasteiger partial charge on any atom is 0.162 e. The SMILES string of the molecule is O=CC=NNc1ccccc1. The summed E-state index contributed by atoms with van der Waals surface area (Å²) < 4.78 is 0. The first-order valence-corrected chi connectivity index (χ1v) is 3.21. The van der Waals surface area contributed by atoms with Crippen LogP contribution in [0.5, 0.6) is 0 Å². The average molecular weight is 148 g/mol. The first-order valence-electron chi connectivity index (χ1n) is 3.21. The lowest BCUT2D eigenvalue weighted by molar-refractivity contribution is -0.102. The number of nitrogens with zero attached hydrogens (tertiary/aromatic N) is 1. The number of aldehydes is 1. The fraction of sp³-hybridized carbons (Fsp3) is 0. The molecule has 1 rings (SSSR count). The van der Waals surface area contributed by atoms with Gasteiger partial charge in [0.2, 0.25) is 0 Å². The molecule has 0 unspecified atom stereocenters. The van der Waals surface area contributed by atoms with Crippen molar-refractivity contribution in [3.8, 4) is 0 Å². The molecule has 1 aromatic rings. The van der Waals surface area contributed by atoms with Gasteiger partial charge in [-0.3, -0.25) is 10.2 Å². The van der Waals surface area contributed by atoms with Crippen molar-refractivity contribution >= 4 is 18.2 Å². The topological polar surface area (TPSA) is 41.5 Å². The molecule has 0 aliphatic heterocycles. The van der Waals surface area contributed by atoms with E-state index in [1.165, 1.54) is 0 Å². The van der Waals surface area contributed by atoms with Crippen molar-refractivity contribution in [2.24, 2.45) is 5.10 Å². The molecule has 0 aromatic heterocycles. The quantitative estimate of drug-likeness (QED) is 0.398. The minimum absolute atomic E-state index is 0.621. The molecule has 56 valence electrons. The summed E-state index contributed by atoms with van der Waals surface area (Å²) >= 11 is 0. The standard InChI is InChI=1S/C8H8N2O/c11-7-6-9-10-8-4-2-1-3-5-8/h1-7,10H. The zero-order valence-electron chi connectivity index (χ0n) is 5.90. The number of hydrogen-bond donors (Lipinski definition) is 1. The normalized spacial score (nSPS) is 9.82. The van der Waals surface area contributed by atoms with Crippen molar-refractivity contribution in [1.82, 2.24) is 0 Å². The molecule has 0 spiro atoms. The summed E-state index contributed by atoms with van der Waals surface area (Å²) in [6.07, 6.45) is 1.78. The summed E-state index contributed by atoms with van der Waals surface area (Å²) in [5.74, 6) is 0. The smallest absolute Gasteiger partial charge is 0.162 e. The lowest BCUT2D eigenvalue weighted by atomic mass is 10.3. The van der Waals surface area contributed by atoms with E-state index in [1.54, 1.807) is 0 Å². The van der Waals surface area contributed by atoms with Gasteiger partial charge in [-0.05, 0) is 12.1 Å². The highest BCUT2D eigenvalue weighted by Gasteiger charge is 1.82. The second kappa shape index (κ2) is 4.22. The Morgan fingerprint density at radius 3 is 2.64 bits per heavy atom. The van der Waals surface area contributed by atoms with Crippen LogP contribution in [0, 0.1) is 0 Å². The van der Waals surface area contributed by atoms with E-state index in [4.69, 9.17) is 0 Å². The van der Waals surface area contributed by atoms with E-state index < -0.39 is 0 Å². The van der Waals surface area contributed by atoms with E-state index >= 15 is 0 Å². The average Bonchev–Trinajstić information content (AvgIpc) is 2.07. The van der Waals surface area contributed by atoms with Crippen molar-refractivity contribution in [1.29, 1.82) is 0 Å². The summed E-state index contributed by atoms with van der Waals surface area (Å²) in [4.78, 5) is 9.81. The van der Waals surface area contributed by atoms with Crippen LogP contribution in [-0.2, 0) is 4.79 Å². The Labute approximate surface area is 64.7 Å². The number of carbonyl (C=O) groups excluding carboxylic acids is 1. The van der Waals surface area contributed by atoms with Crippen molar-refractivity contribution < 1.29 is 4.79 Å². The monoisotopic (exact) mass is 148 g/mol. The van der Waals surface area contributed by atoms with Crippen LogP contribution >= 0.6 is 0 Å². The lowest BCUT2D eigenvalue weighted by Crippen LogP contribution is -1.88. The number of anilines is 1. The van der Waals surface area contributed by atoms with Gasteiger partial charge >= 0.3 is 0 Å². The second-order valence-corrected chi connectivity index (χ2v) is 1.89. The molecule has 0 heterocycles. The second-order valence-electron chi connectivity index (χ2n) is 1.89. The van der Waals surface area contributed by atoms with Gasteiger partial charge in [-0.25, -0.2) is 0 Å². The fourth-order valence-corrected chi connectivity index (χ4v) is 0.655. The summed E-state index contributed by atoms with van der Waals surface area (Å²) in [5.41, 5.74) is 3.55. The molecule has 0 bridgehead atoms. The van der Waals surface area contributed by atoms with Gasteiger partial charge in [-0.1, -0.05) is 18.2 Å². The van der Waals surface area contributed by atoms with E-state index in [0.717, 1.165) is 11.9 Å². The number of hydrazone groups is 1. The zero-order valence-corrected chi connectivity index (χ0v) is 5.90. The third kappa shape index (κ3) is 2.62. The maximum atomic E-state index is 9.81. The Balaban J connectivity index is 2.51. The van der Waals surface area contributed by atoms with Crippen LogP contribution in [0.2, 0.25) is 0 Å². The van der Waals surface area contributed by atoms with Gasteiger partial charge in [0, 0.05) is 0 Å². The highest BCUT2D eigenvalue weighted by atomic mass is 16.1. The number of carbonyl (C=O) groups is 1. The molecule has 1 aromatic carbocycles. The van der Waals surface area contributed by atoms with E-state index in [-0.39, 0.29) is 0 Å². The first kappa shape index (κ1) is 7.47. The number of nitrogens with one attached hydrogen (secondary N) is 1. The summed E-state index contributed by atoms with van der Waals surface area (Å²) in [6.45, 7) is 0. The van der Waals surface area contributed by atoms with Crippen LogP contribution in [-0.4, -0.2) is 12.5 Å². The van der Waals surface area contributed by atoms with Crippen molar-refractivity contribution in [3.05, 3.63) is 30.3 Å². The predicted octanol–water partition coefficient (Wildman–Crippen LogP) is 1.28. The molecule has 3 heteroatoms.